The van der Waals surface area contributed by atoms with Crippen molar-refractivity contribution in [3.8, 4) is 0 Å². The summed E-state index contributed by atoms with van der Waals surface area (Å²) in [6, 6.07) is 4.56. The molecule has 3 N–H and O–H groups in total. The largest absolute Gasteiger partial charge is 0.364 e. The monoisotopic (exact) mass is 365 g/mol. The molecule has 1 unspecified atom stereocenters. The Morgan fingerprint density at radius 1 is 1.29 bits per heavy atom. The first-order chi connectivity index (χ1) is 11.5. The summed E-state index contributed by atoms with van der Waals surface area (Å²) in [5.41, 5.74) is 5.89. The average molecular weight is 366 g/mol. The van der Waals surface area contributed by atoms with E-state index in [1.165, 1.54) is 12.4 Å². The summed E-state index contributed by atoms with van der Waals surface area (Å²) in [5, 5.41) is 3.80. The van der Waals surface area contributed by atoms with Gasteiger partial charge in [0.2, 0.25) is 5.91 Å². The van der Waals surface area contributed by atoms with Crippen LogP contribution in [0.5, 0.6) is 0 Å². The van der Waals surface area contributed by atoms with Crippen LogP contribution in [-0.2, 0) is 4.79 Å². The summed E-state index contributed by atoms with van der Waals surface area (Å²) in [7, 11) is 0. The first-order valence-corrected chi connectivity index (χ1v) is 7.86. The molecule has 9 heteroatoms. The van der Waals surface area contributed by atoms with Crippen molar-refractivity contribution in [2.45, 2.75) is 12.5 Å². The van der Waals surface area contributed by atoms with Crippen LogP contribution >= 0.6 is 23.2 Å². The van der Waals surface area contributed by atoms with E-state index < -0.39 is 11.9 Å². The van der Waals surface area contributed by atoms with E-state index in [4.69, 9.17) is 28.9 Å². The van der Waals surface area contributed by atoms with E-state index in [1.54, 1.807) is 23.1 Å². The number of nitrogens with one attached hydrogen (secondary N) is 1. The molecule has 1 aromatic heterocycles. The van der Waals surface area contributed by atoms with Gasteiger partial charge < -0.3 is 16.0 Å². The SMILES string of the molecule is NC(=O)c1cncc(NC2CCN(c3ccc(Cl)c(Cl)c3)C2=O)n1. The van der Waals surface area contributed by atoms with E-state index >= 15 is 0 Å². The lowest BCUT2D eigenvalue weighted by atomic mass is 10.2. The van der Waals surface area contributed by atoms with E-state index in [9.17, 15) is 9.59 Å². The first kappa shape index (κ1) is 16.5. The van der Waals surface area contributed by atoms with Crippen molar-refractivity contribution in [1.82, 2.24) is 9.97 Å². The van der Waals surface area contributed by atoms with Crippen LogP contribution in [0.4, 0.5) is 11.5 Å². The molecule has 1 fully saturated rings. The van der Waals surface area contributed by atoms with Gasteiger partial charge in [-0.25, -0.2) is 4.98 Å². The van der Waals surface area contributed by atoms with Crippen LogP contribution in [0.25, 0.3) is 0 Å². The number of primary amides is 1. The second-order valence-corrected chi connectivity index (χ2v) is 6.04. The Balaban J connectivity index is 1.75. The van der Waals surface area contributed by atoms with E-state index in [2.05, 4.69) is 15.3 Å². The van der Waals surface area contributed by atoms with Crippen molar-refractivity contribution in [2.24, 2.45) is 5.73 Å². The number of nitrogens with two attached hydrogens (primary N) is 1. The minimum absolute atomic E-state index is 0.0341. The van der Waals surface area contributed by atoms with Gasteiger partial charge in [-0.2, -0.15) is 0 Å². The zero-order chi connectivity index (χ0) is 17.3. The Labute approximate surface area is 147 Å². The van der Waals surface area contributed by atoms with Crippen molar-refractivity contribution >= 4 is 46.5 Å². The summed E-state index contributed by atoms with van der Waals surface area (Å²) >= 11 is 11.9. The fourth-order valence-corrected chi connectivity index (χ4v) is 2.75. The summed E-state index contributed by atoms with van der Waals surface area (Å²) in [5.74, 6) is -0.485. The molecule has 2 amide bonds. The average Bonchev–Trinajstić information content (AvgIpc) is 2.91. The number of carbonyl (C=O) groups excluding carboxylic acids is 2. The lowest BCUT2D eigenvalue weighted by molar-refractivity contribution is -0.117. The molecule has 0 radical (unpaired) electrons. The summed E-state index contributed by atoms with van der Waals surface area (Å²) in [6.07, 6.45) is 3.27. The number of hydrogen-bond donors (Lipinski definition) is 2. The maximum Gasteiger partial charge on any atom is 0.268 e. The maximum absolute atomic E-state index is 12.6. The number of aromatic nitrogens is 2. The molecule has 0 aliphatic carbocycles. The number of amides is 2. The minimum atomic E-state index is -0.679. The molecule has 1 aliphatic rings. The van der Waals surface area contributed by atoms with Gasteiger partial charge in [-0.3, -0.25) is 14.6 Å². The number of nitrogens with zero attached hydrogens (tertiary/aromatic N) is 3. The molecule has 1 aliphatic heterocycles. The Morgan fingerprint density at radius 3 is 2.79 bits per heavy atom. The molecule has 1 aromatic carbocycles. The van der Waals surface area contributed by atoms with Crippen LogP contribution in [0.15, 0.2) is 30.6 Å². The molecule has 1 saturated heterocycles. The van der Waals surface area contributed by atoms with Gasteiger partial charge in [-0.15, -0.1) is 0 Å². The molecule has 124 valence electrons. The third-order valence-corrected chi connectivity index (χ3v) is 4.37. The van der Waals surface area contributed by atoms with Gasteiger partial charge in [0.1, 0.15) is 17.6 Å². The maximum atomic E-state index is 12.6. The van der Waals surface area contributed by atoms with Gasteiger partial charge >= 0.3 is 0 Å². The zero-order valence-electron chi connectivity index (χ0n) is 12.4. The van der Waals surface area contributed by atoms with E-state index in [0.717, 1.165) is 0 Å². The van der Waals surface area contributed by atoms with Crippen LogP contribution < -0.4 is 16.0 Å². The highest BCUT2D eigenvalue weighted by Gasteiger charge is 2.33. The molecule has 24 heavy (non-hydrogen) atoms. The predicted octanol–water partition coefficient (Wildman–Crippen LogP) is 2.10. The highest BCUT2D eigenvalue weighted by molar-refractivity contribution is 6.42. The van der Waals surface area contributed by atoms with Crippen LogP contribution in [0.2, 0.25) is 10.0 Å². The van der Waals surface area contributed by atoms with Gasteiger partial charge in [0.15, 0.2) is 0 Å². The van der Waals surface area contributed by atoms with Crippen molar-refractivity contribution in [3.05, 3.63) is 46.3 Å². The van der Waals surface area contributed by atoms with Gasteiger partial charge in [0, 0.05) is 12.2 Å². The topological polar surface area (TPSA) is 101 Å². The molecule has 0 saturated carbocycles. The minimum Gasteiger partial charge on any atom is -0.364 e. The molecular formula is C15H13Cl2N5O2. The summed E-state index contributed by atoms with van der Waals surface area (Å²) in [4.78, 5) is 33.3. The molecule has 7 nitrogen and oxygen atoms in total. The smallest absolute Gasteiger partial charge is 0.268 e. The molecule has 3 rings (SSSR count). The predicted molar refractivity (Wildman–Crippen MR) is 91.4 cm³/mol. The van der Waals surface area contributed by atoms with Crippen LogP contribution in [-0.4, -0.2) is 34.4 Å². The van der Waals surface area contributed by atoms with Crippen molar-refractivity contribution in [1.29, 1.82) is 0 Å². The van der Waals surface area contributed by atoms with E-state index in [0.29, 0.717) is 34.5 Å². The van der Waals surface area contributed by atoms with Crippen LogP contribution in [0, 0.1) is 0 Å². The fourth-order valence-electron chi connectivity index (χ4n) is 2.46. The summed E-state index contributed by atoms with van der Waals surface area (Å²) < 4.78 is 0. The quantitative estimate of drug-likeness (QED) is 0.863. The third kappa shape index (κ3) is 3.27. The second-order valence-electron chi connectivity index (χ2n) is 5.23. The Bertz CT molecular complexity index is 814. The third-order valence-electron chi connectivity index (χ3n) is 3.63. The van der Waals surface area contributed by atoms with Crippen LogP contribution in [0.1, 0.15) is 16.9 Å². The Kier molecular flexibility index (Phi) is 4.55. The van der Waals surface area contributed by atoms with Gasteiger partial charge in [-0.05, 0) is 24.6 Å². The van der Waals surface area contributed by atoms with Gasteiger partial charge in [-0.1, -0.05) is 23.2 Å². The van der Waals surface area contributed by atoms with Crippen molar-refractivity contribution < 1.29 is 9.59 Å². The number of benzene rings is 1. The molecular weight excluding hydrogens is 353 g/mol. The Hall–Kier alpha value is -2.38. The lowest BCUT2D eigenvalue weighted by Gasteiger charge is -2.18. The lowest BCUT2D eigenvalue weighted by Crippen LogP contribution is -2.33. The molecule has 1 atom stereocenters. The van der Waals surface area contributed by atoms with Gasteiger partial charge in [0.25, 0.3) is 5.91 Å². The van der Waals surface area contributed by atoms with Gasteiger partial charge in [0.05, 0.1) is 22.4 Å². The highest BCUT2D eigenvalue weighted by atomic mass is 35.5. The first-order valence-electron chi connectivity index (χ1n) is 7.10. The summed E-state index contributed by atoms with van der Waals surface area (Å²) in [6.45, 7) is 0.525. The van der Waals surface area contributed by atoms with E-state index in [1.807, 2.05) is 0 Å². The highest BCUT2D eigenvalue weighted by Crippen LogP contribution is 2.30. The number of carbonyl (C=O) groups is 2. The number of halogens is 2. The molecule has 0 spiro atoms. The normalized spacial score (nSPS) is 17.2. The molecule has 2 heterocycles. The van der Waals surface area contributed by atoms with Crippen LogP contribution in [0.3, 0.4) is 0 Å². The van der Waals surface area contributed by atoms with E-state index in [-0.39, 0.29) is 11.6 Å². The molecule has 0 bridgehead atoms. The number of rotatable bonds is 4. The standard InChI is InChI=1S/C15H13Cl2N5O2/c16-9-2-1-8(5-10(9)17)22-4-3-11(15(22)24)20-13-7-19-6-12(21-13)14(18)23/h1-2,5-7,11H,3-4H2,(H2,18,23)(H,20,21). The zero-order valence-corrected chi connectivity index (χ0v) is 13.9. The second kappa shape index (κ2) is 6.62. The number of anilines is 2. The number of hydrogen-bond acceptors (Lipinski definition) is 5. The van der Waals surface area contributed by atoms with Crippen molar-refractivity contribution in [3.63, 3.8) is 0 Å². The molecule has 2 aromatic rings. The fraction of sp³-hybridized carbons (Fsp3) is 0.200. The van der Waals surface area contributed by atoms with Crippen molar-refractivity contribution in [2.75, 3.05) is 16.8 Å². The Morgan fingerprint density at radius 2 is 2.08 bits per heavy atom.